The molecule has 1 heterocycles. The van der Waals surface area contributed by atoms with Gasteiger partial charge in [0.15, 0.2) is 0 Å². The van der Waals surface area contributed by atoms with Crippen molar-refractivity contribution in [1.29, 1.82) is 0 Å². The van der Waals surface area contributed by atoms with Gasteiger partial charge in [-0.25, -0.2) is 0 Å². The van der Waals surface area contributed by atoms with E-state index in [9.17, 15) is 9.59 Å². The highest BCUT2D eigenvalue weighted by Gasteiger charge is 2.34. The fourth-order valence-electron chi connectivity index (χ4n) is 3.21. The number of carbonyl (C=O) groups is 2. The summed E-state index contributed by atoms with van der Waals surface area (Å²) < 4.78 is 5.69. The molecule has 1 saturated carbocycles. The molecule has 1 aliphatic heterocycles. The first-order valence-electron chi connectivity index (χ1n) is 8.82. The van der Waals surface area contributed by atoms with Gasteiger partial charge in [0.05, 0.1) is 12.1 Å². The van der Waals surface area contributed by atoms with Crippen molar-refractivity contribution in [3.63, 3.8) is 0 Å². The Kier molecular flexibility index (Phi) is 5.07. The van der Waals surface area contributed by atoms with Crippen LogP contribution >= 0.6 is 0 Å². The van der Waals surface area contributed by atoms with Crippen LogP contribution in [-0.4, -0.2) is 47.9 Å². The first kappa shape index (κ1) is 16.8. The molecule has 1 atom stereocenters. The maximum absolute atomic E-state index is 12.6. The molecule has 2 aliphatic rings. The average Bonchev–Trinajstić information content (AvgIpc) is 3.38. The van der Waals surface area contributed by atoms with E-state index in [-0.39, 0.29) is 18.1 Å². The SMILES string of the molecule is CC(C)Oc1ccc([C@@H]2CN(C=O)CCN2C(=O)CC2CC2)cc1. The number of ether oxygens (including phenoxy) is 1. The van der Waals surface area contributed by atoms with Crippen LogP contribution in [0.2, 0.25) is 0 Å². The quantitative estimate of drug-likeness (QED) is 0.754. The molecule has 2 fully saturated rings. The van der Waals surface area contributed by atoms with Gasteiger partial charge < -0.3 is 14.5 Å². The molecule has 5 nitrogen and oxygen atoms in total. The Morgan fingerprint density at radius 1 is 1.25 bits per heavy atom. The molecule has 130 valence electrons. The smallest absolute Gasteiger partial charge is 0.223 e. The third-order valence-corrected chi connectivity index (χ3v) is 4.68. The fourth-order valence-corrected chi connectivity index (χ4v) is 3.21. The van der Waals surface area contributed by atoms with Gasteiger partial charge in [0.2, 0.25) is 12.3 Å². The molecule has 0 unspecified atom stereocenters. The Morgan fingerprint density at radius 2 is 1.96 bits per heavy atom. The zero-order chi connectivity index (χ0) is 17.1. The Hall–Kier alpha value is -2.04. The van der Waals surface area contributed by atoms with Crippen molar-refractivity contribution in [2.75, 3.05) is 19.6 Å². The number of hydrogen-bond donors (Lipinski definition) is 0. The van der Waals surface area contributed by atoms with Crippen molar-refractivity contribution in [2.24, 2.45) is 5.92 Å². The van der Waals surface area contributed by atoms with E-state index in [0.29, 0.717) is 32.0 Å². The number of amides is 2. The van der Waals surface area contributed by atoms with Gasteiger partial charge in [0.1, 0.15) is 5.75 Å². The number of piperazine rings is 1. The monoisotopic (exact) mass is 330 g/mol. The molecule has 1 aromatic rings. The van der Waals surface area contributed by atoms with E-state index in [2.05, 4.69) is 0 Å². The van der Waals surface area contributed by atoms with E-state index >= 15 is 0 Å². The van der Waals surface area contributed by atoms with Crippen LogP contribution in [0.5, 0.6) is 5.75 Å². The van der Waals surface area contributed by atoms with Crippen LogP contribution in [-0.2, 0) is 9.59 Å². The van der Waals surface area contributed by atoms with Gasteiger partial charge in [-0.1, -0.05) is 12.1 Å². The Balaban J connectivity index is 1.76. The van der Waals surface area contributed by atoms with Crippen LogP contribution in [0.4, 0.5) is 0 Å². The molecule has 0 radical (unpaired) electrons. The number of benzene rings is 1. The number of carbonyl (C=O) groups excluding carboxylic acids is 2. The molecule has 0 spiro atoms. The minimum atomic E-state index is -0.0664. The molecular formula is C19H26N2O3. The summed E-state index contributed by atoms with van der Waals surface area (Å²) in [4.78, 5) is 27.5. The molecule has 24 heavy (non-hydrogen) atoms. The van der Waals surface area contributed by atoms with E-state index in [1.807, 2.05) is 43.0 Å². The largest absolute Gasteiger partial charge is 0.491 e. The number of nitrogens with zero attached hydrogens (tertiary/aromatic N) is 2. The van der Waals surface area contributed by atoms with E-state index in [0.717, 1.165) is 17.7 Å². The Labute approximate surface area is 143 Å². The van der Waals surface area contributed by atoms with Gasteiger partial charge in [-0.05, 0) is 50.3 Å². The van der Waals surface area contributed by atoms with Crippen molar-refractivity contribution >= 4 is 12.3 Å². The average molecular weight is 330 g/mol. The number of rotatable bonds is 6. The van der Waals surface area contributed by atoms with Crippen LogP contribution in [0.15, 0.2) is 24.3 Å². The molecule has 1 aliphatic carbocycles. The first-order chi connectivity index (χ1) is 11.6. The summed E-state index contributed by atoms with van der Waals surface area (Å²) in [6.45, 7) is 5.78. The summed E-state index contributed by atoms with van der Waals surface area (Å²) in [6.07, 6.45) is 4.00. The lowest BCUT2D eigenvalue weighted by Crippen LogP contribution is -2.50. The molecule has 0 aromatic heterocycles. The molecule has 2 amide bonds. The Morgan fingerprint density at radius 3 is 2.54 bits per heavy atom. The van der Waals surface area contributed by atoms with Gasteiger partial charge in [0, 0.05) is 26.1 Å². The summed E-state index contributed by atoms with van der Waals surface area (Å²) in [5.41, 5.74) is 1.06. The topological polar surface area (TPSA) is 49.9 Å². The van der Waals surface area contributed by atoms with Gasteiger partial charge in [-0.15, -0.1) is 0 Å². The molecule has 1 saturated heterocycles. The Bertz CT molecular complexity index is 581. The fraction of sp³-hybridized carbons (Fsp3) is 0.579. The summed E-state index contributed by atoms with van der Waals surface area (Å²) >= 11 is 0. The maximum Gasteiger partial charge on any atom is 0.223 e. The summed E-state index contributed by atoms with van der Waals surface area (Å²) in [5.74, 6) is 1.62. The van der Waals surface area contributed by atoms with Gasteiger partial charge in [-0.3, -0.25) is 9.59 Å². The molecular weight excluding hydrogens is 304 g/mol. The van der Waals surface area contributed by atoms with Crippen molar-refractivity contribution < 1.29 is 14.3 Å². The van der Waals surface area contributed by atoms with Crippen LogP contribution in [0.1, 0.15) is 44.7 Å². The van der Waals surface area contributed by atoms with Gasteiger partial charge >= 0.3 is 0 Å². The number of hydrogen-bond acceptors (Lipinski definition) is 3. The predicted molar refractivity (Wildman–Crippen MR) is 91.6 cm³/mol. The third kappa shape index (κ3) is 4.08. The van der Waals surface area contributed by atoms with E-state index in [1.165, 1.54) is 12.8 Å². The predicted octanol–water partition coefficient (Wildman–Crippen LogP) is 2.62. The van der Waals surface area contributed by atoms with Crippen molar-refractivity contribution in [3.8, 4) is 5.75 Å². The van der Waals surface area contributed by atoms with E-state index in [4.69, 9.17) is 4.74 Å². The second-order valence-corrected chi connectivity index (χ2v) is 7.09. The minimum absolute atomic E-state index is 0.0664. The molecule has 0 bridgehead atoms. The van der Waals surface area contributed by atoms with Crippen LogP contribution in [0.3, 0.4) is 0 Å². The zero-order valence-electron chi connectivity index (χ0n) is 14.5. The highest BCUT2D eigenvalue weighted by molar-refractivity contribution is 5.77. The van der Waals surface area contributed by atoms with E-state index < -0.39 is 0 Å². The zero-order valence-corrected chi connectivity index (χ0v) is 14.5. The second-order valence-electron chi connectivity index (χ2n) is 7.09. The maximum atomic E-state index is 12.6. The molecule has 5 heteroatoms. The van der Waals surface area contributed by atoms with Crippen LogP contribution in [0.25, 0.3) is 0 Å². The highest BCUT2D eigenvalue weighted by atomic mass is 16.5. The third-order valence-electron chi connectivity index (χ3n) is 4.68. The standard InChI is InChI=1S/C19H26N2O3/c1-14(2)24-17-7-5-16(6-8-17)18-12-20(13-22)9-10-21(18)19(23)11-15-3-4-15/h5-8,13-15,18H,3-4,9-12H2,1-2H3/t18-/m0/s1. The van der Waals surface area contributed by atoms with E-state index in [1.54, 1.807) is 4.90 Å². The van der Waals surface area contributed by atoms with Crippen LogP contribution < -0.4 is 4.74 Å². The first-order valence-corrected chi connectivity index (χ1v) is 8.82. The van der Waals surface area contributed by atoms with Crippen LogP contribution in [0, 0.1) is 5.92 Å². The normalized spacial score (nSPS) is 21.0. The summed E-state index contributed by atoms with van der Waals surface area (Å²) in [5, 5.41) is 0. The lowest BCUT2D eigenvalue weighted by molar-refractivity contribution is -0.139. The minimum Gasteiger partial charge on any atom is -0.491 e. The summed E-state index contributed by atoms with van der Waals surface area (Å²) in [7, 11) is 0. The van der Waals surface area contributed by atoms with Crippen molar-refractivity contribution in [2.45, 2.75) is 45.3 Å². The lowest BCUT2D eigenvalue weighted by Gasteiger charge is -2.40. The summed E-state index contributed by atoms with van der Waals surface area (Å²) in [6, 6.07) is 7.84. The van der Waals surface area contributed by atoms with Gasteiger partial charge in [-0.2, -0.15) is 0 Å². The van der Waals surface area contributed by atoms with Crippen molar-refractivity contribution in [3.05, 3.63) is 29.8 Å². The molecule has 0 N–H and O–H groups in total. The molecule has 3 rings (SSSR count). The highest BCUT2D eigenvalue weighted by Crippen LogP contribution is 2.35. The lowest BCUT2D eigenvalue weighted by atomic mass is 10.0. The molecule has 1 aromatic carbocycles. The second kappa shape index (κ2) is 7.24. The van der Waals surface area contributed by atoms with Gasteiger partial charge in [0.25, 0.3) is 0 Å². The van der Waals surface area contributed by atoms with Crippen molar-refractivity contribution in [1.82, 2.24) is 9.80 Å².